The van der Waals surface area contributed by atoms with Crippen LogP contribution in [0.1, 0.15) is 46.7 Å². The van der Waals surface area contributed by atoms with Crippen molar-refractivity contribution in [3.63, 3.8) is 0 Å². The van der Waals surface area contributed by atoms with Crippen LogP contribution in [0, 0.1) is 6.92 Å². The Bertz CT molecular complexity index is 1030. The molecule has 1 N–H and O–H groups in total. The average Bonchev–Trinajstić information content (AvgIpc) is 3.17. The fourth-order valence-electron chi connectivity index (χ4n) is 3.44. The number of nitrogens with zero attached hydrogens (tertiary/aromatic N) is 1. The Balaban J connectivity index is 1.76. The van der Waals surface area contributed by atoms with E-state index < -0.39 is 0 Å². The number of aromatic nitrogens is 1. The first-order valence-corrected chi connectivity index (χ1v) is 10.5. The van der Waals surface area contributed by atoms with Crippen molar-refractivity contribution in [1.29, 1.82) is 0 Å². The molecule has 2 aromatic carbocycles. The minimum absolute atomic E-state index is 0.0311. The van der Waals surface area contributed by atoms with Gasteiger partial charge in [0.1, 0.15) is 18.5 Å². The Morgan fingerprint density at radius 1 is 1.13 bits per heavy atom. The number of hydrogen-bond donors (Lipinski definition) is 1. The average molecular weight is 420 g/mol. The second-order valence-corrected chi connectivity index (χ2v) is 7.57. The normalized spacial score (nSPS) is 12.3. The van der Waals surface area contributed by atoms with Crippen molar-refractivity contribution in [3.05, 3.63) is 94.8 Å². The first-order valence-electron chi connectivity index (χ1n) is 10.5. The molecule has 0 saturated carbocycles. The third kappa shape index (κ3) is 5.94. The van der Waals surface area contributed by atoms with E-state index in [1.165, 1.54) is 0 Å². The first kappa shape index (κ1) is 22.5. The van der Waals surface area contributed by atoms with E-state index in [-0.39, 0.29) is 18.5 Å². The second-order valence-electron chi connectivity index (χ2n) is 7.57. The Hall–Kier alpha value is -3.15. The SMILES string of the molecule is CCc1ccc(C(=O)c2ccc(C)cc2)n1CC=Cc1cccc(O[C@@H](C)COO)c1. The highest BCUT2D eigenvalue weighted by Gasteiger charge is 2.15. The third-order valence-corrected chi connectivity index (χ3v) is 5.08. The fourth-order valence-corrected chi connectivity index (χ4v) is 3.44. The molecule has 31 heavy (non-hydrogen) atoms. The van der Waals surface area contributed by atoms with E-state index in [9.17, 15) is 4.79 Å². The summed E-state index contributed by atoms with van der Waals surface area (Å²) in [7, 11) is 0. The molecule has 0 saturated heterocycles. The molecule has 1 atom stereocenters. The molecule has 0 amide bonds. The van der Waals surface area contributed by atoms with Gasteiger partial charge in [-0.2, -0.15) is 0 Å². The van der Waals surface area contributed by atoms with E-state index in [0.29, 0.717) is 23.6 Å². The molecule has 0 unspecified atom stereocenters. The van der Waals surface area contributed by atoms with Crippen molar-refractivity contribution in [2.75, 3.05) is 6.61 Å². The van der Waals surface area contributed by atoms with Crippen molar-refractivity contribution in [2.24, 2.45) is 0 Å². The monoisotopic (exact) mass is 419 g/mol. The highest BCUT2D eigenvalue weighted by Crippen LogP contribution is 2.18. The second kappa shape index (κ2) is 10.8. The van der Waals surface area contributed by atoms with E-state index in [1.807, 2.05) is 86.7 Å². The molecular weight excluding hydrogens is 390 g/mol. The predicted octanol–water partition coefficient (Wildman–Crippen LogP) is 5.56. The minimum Gasteiger partial charge on any atom is -0.488 e. The zero-order chi connectivity index (χ0) is 22.2. The Morgan fingerprint density at radius 2 is 1.90 bits per heavy atom. The molecule has 3 aromatic rings. The van der Waals surface area contributed by atoms with Gasteiger partial charge in [-0.15, -0.1) is 0 Å². The van der Waals surface area contributed by atoms with Gasteiger partial charge in [0, 0.05) is 17.8 Å². The number of benzene rings is 2. The van der Waals surface area contributed by atoms with Gasteiger partial charge in [0.05, 0.1) is 5.69 Å². The number of hydrogen-bond acceptors (Lipinski definition) is 4. The summed E-state index contributed by atoms with van der Waals surface area (Å²) in [6.07, 6.45) is 4.65. The van der Waals surface area contributed by atoms with E-state index in [1.54, 1.807) is 0 Å². The number of allylic oxidation sites excluding steroid dienone is 1. The zero-order valence-corrected chi connectivity index (χ0v) is 18.2. The molecule has 0 aliphatic carbocycles. The summed E-state index contributed by atoms with van der Waals surface area (Å²) in [5.74, 6) is 0.737. The van der Waals surface area contributed by atoms with Crippen LogP contribution in [0.3, 0.4) is 0 Å². The maximum absolute atomic E-state index is 13.1. The first-order chi connectivity index (χ1) is 15.0. The van der Waals surface area contributed by atoms with E-state index in [2.05, 4.69) is 16.4 Å². The molecule has 0 aliphatic rings. The molecule has 162 valence electrons. The summed E-state index contributed by atoms with van der Waals surface area (Å²) in [4.78, 5) is 17.2. The molecular formula is C26H29NO4. The topological polar surface area (TPSA) is 60.7 Å². The lowest BCUT2D eigenvalue weighted by molar-refractivity contribution is -0.253. The number of ether oxygens (including phenoxy) is 1. The van der Waals surface area contributed by atoms with Crippen LogP contribution in [0.2, 0.25) is 0 Å². The maximum Gasteiger partial charge on any atom is 0.209 e. The number of aryl methyl sites for hydroxylation is 2. The van der Waals surface area contributed by atoms with Crippen LogP contribution >= 0.6 is 0 Å². The van der Waals surface area contributed by atoms with Crippen LogP contribution < -0.4 is 4.74 Å². The van der Waals surface area contributed by atoms with Crippen LogP contribution in [0.15, 0.2) is 66.7 Å². The minimum atomic E-state index is -0.258. The molecule has 5 heteroatoms. The van der Waals surface area contributed by atoms with Crippen LogP contribution in [0.5, 0.6) is 5.75 Å². The molecule has 0 fully saturated rings. The van der Waals surface area contributed by atoms with Gasteiger partial charge in [-0.05, 0) is 50.1 Å². The van der Waals surface area contributed by atoms with E-state index >= 15 is 0 Å². The number of carbonyl (C=O) groups excluding carboxylic acids is 1. The molecule has 5 nitrogen and oxygen atoms in total. The maximum atomic E-state index is 13.1. The molecule has 1 heterocycles. The summed E-state index contributed by atoms with van der Waals surface area (Å²) in [6.45, 7) is 6.63. The Morgan fingerprint density at radius 3 is 2.61 bits per heavy atom. The molecule has 3 rings (SSSR count). The van der Waals surface area contributed by atoms with Crippen molar-refractivity contribution in [3.8, 4) is 5.75 Å². The standard InChI is InChI=1S/C26H29NO4/c1-4-23-14-15-25(26(28)22-12-10-19(2)11-13-22)27(23)16-6-8-21-7-5-9-24(17-21)31-20(3)18-30-29/h5-15,17,20,29H,4,16,18H2,1-3H3/t20-/m0/s1. The fraction of sp³-hybridized carbons (Fsp3) is 0.269. The van der Waals surface area contributed by atoms with Crippen molar-refractivity contribution >= 4 is 11.9 Å². The summed E-state index contributed by atoms with van der Waals surface area (Å²) < 4.78 is 7.79. The van der Waals surface area contributed by atoms with Crippen LogP contribution in [-0.4, -0.2) is 28.3 Å². The lowest BCUT2D eigenvalue weighted by Gasteiger charge is -2.13. The summed E-state index contributed by atoms with van der Waals surface area (Å²) >= 11 is 0. The predicted molar refractivity (Wildman–Crippen MR) is 123 cm³/mol. The number of rotatable bonds is 10. The van der Waals surface area contributed by atoms with Crippen molar-refractivity contribution < 1.29 is 19.7 Å². The molecule has 0 bridgehead atoms. The van der Waals surface area contributed by atoms with Gasteiger partial charge in [-0.3, -0.25) is 10.1 Å². The smallest absolute Gasteiger partial charge is 0.209 e. The largest absolute Gasteiger partial charge is 0.488 e. The Kier molecular flexibility index (Phi) is 7.82. The van der Waals surface area contributed by atoms with Crippen molar-refractivity contribution in [2.45, 2.75) is 39.8 Å². The van der Waals surface area contributed by atoms with Gasteiger partial charge >= 0.3 is 0 Å². The quantitative estimate of drug-likeness (QED) is 0.265. The number of carbonyl (C=O) groups is 1. The molecule has 1 aromatic heterocycles. The summed E-state index contributed by atoms with van der Waals surface area (Å²) in [5, 5.41) is 8.55. The van der Waals surface area contributed by atoms with Gasteiger partial charge in [0.25, 0.3) is 0 Å². The number of ketones is 1. The van der Waals surface area contributed by atoms with Gasteiger partial charge in [0.15, 0.2) is 0 Å². The summed E-state index contributed by atoms with van der Waals surface area (Å²) in [5.41, 5.74) is 4.64. The van der Waals surface area contributed by atoms with Gasteiger partial charge in [-0.1, -0.05) is 61.0 Å². The van der Waals surface area contributed by atoms with Gasteiger partial charge in [0.2, 0.25) is 5.78 Å². The van der Waals surface area contributed by atoms with E-state index in [4.69, 9.17) is 9.99 Å². The van der Waals surface area contributed by atoms with Gasteiger partial charge in [-0.25, -0.2) is 4.89 Å². The van der Waals surface area contributed by atoms with Crippen molar-refractivity contribution in [1.82, 2.24) is 4.57 Å². The van der Waals surface area contributed by atoms with Crippen LogP contribution in [-0.2, 0) is 17.9 Å². The van der Waals surface area contributed by atoms with Gasteiger partial charge < -0.3 is 9.30 Å². The summed E-state index contributed by atoms with van der Waals surface area (Å²) in [6, 6.07) is 19.3. The highest BCUT2D eigenvalue weighted by molar-refractivity contribution is 6.08. The van der Waals surface area contributed by atoms with Crippen LogP contribution in [0.25, 0.3) is 6.08 Å². The lowest BCUT2D eigenvalue weighted by atomic mass is 10.1. The zero-order valence-electron chi connectivity index (χ0n) is 18.2. The van der Waals surface area contributed by atoms with E-state index in [0.717, 1.165) is 23.2 Å². The third-order valence-electron chi connectivity index (χ3n) is 5.08. The lowest BCUT2D eigenvalue weighted by Crippen LogP contribution is -2.18. The van der Waals surface area contributed by atoms with Crippen LogP contribution in [0.4, 0.5) is 0 Å². The molecule has 0 radical (unpaired) electrons. The molecule has 0 aliphatic heterocycles. The molecule has 0 spiro atoms. The Labute approximate surface area is 183 Å². The highest BCUT2D eigenvalue weighted by atomic mass is 17.1.